The van der Waals surface area contributed by atoms with Crippen LogP contribution in [0.1, 0.15) is 34.0 Å². The van der Waals surface area contributed by atoms with E-state index in [0.29, 0.717) is 22.6 Å². The van der Waals surface area contributed by atoms with Crippen LogP contribution < -0.4 is 15.2 Å². The molecule has 0 heterocycles. The first-order chi connectivity index (χ1) is 14.2. The zero-order valence-corrected chi connectivity index (χ0v) is 17.2. The van der Waals surface area contributed by atoms with Crippen molar-refractivity contribution >= 4 is 23.6 Å². The summed E-state index contributed by atoms with van der Waals surface area (Å²) >= 11 is 1.24. The summed E-state index contributed by atoms with van der Waals surface area (Å²) < 4.78 is 43.1. The van der Waals surface area contributed by atoms with E-state index in [4.69, 9.17) is 4.74 Å². The molecule has 1 unspecified atom stereocenters. The van der Waals surface area contributed by atoms with Crippen LogP contribution in [0.25, 0.3) is 0 Å². The number of amides is 1. The zero-order valence-electron chi connectivity index (χ0n) is 16.4. The lowest BCUT2D eigenvalue weighted by Crippen LogP contribution is -2.35. The van der Waals surface area contributed by atoms with E-state index in [9.17, 15) is 27.9 Å². The molecule has 1 atom stereocenters. The van der Waals surface area contributed by atoms with E-state index in [1.807, 2.05) is 6.92 Å². The summed E-state index contributed by atoms with van der Waals surface area (Å²) in [6.45, 7) is 1.87. The number of thioether (sulfide) groups is 1. The maximum Gasteiger partial charge on any atom is 0.416 e. The van der Waals surface area contributed by atoms with E-state index in [1.54, 1.807) is 18.2 Å². The molecule has 9 heteroatoms. The molecule has 0 aliphatic carbocycles. The predicted octanol–water partition coefficient (Wildman–Crippen LogP) is 3.06. The van der Waals surface area contributed by atoms with Gasteiger partial charge < -0.3 is 20.0 Å². The maximum atomic E-state index is 12.6. The molecule has 30 heavy (non-hydrogen) atoms. The van der Waals surface area contributed by atoms with Crippen LogP contribution in [0.3, 0.4) is 0 Å². The average Bonchev–Trinajstić information content (AvgIpc) is 2.71. The highest BCUT2D eigenvalue weighted by molar-refractivity contribution is 8.00. The molecule has 0 bridgehead atoms. The van der Waals surface area contributed by atoms with Gasteiger partial charge in [-0.15, -0.1) is 0 Å². The number of halogens is 3. The number of benzene rings is 2. The number of carbonyl (C=O) groups is 2. The van der Waals surface area contributed by atoms with Crippen LogP contribution in [0.4, 0.5) is 13.2 Å². The van der Waals surface area contributed by atoms with Gasteiger partial charge in [0.25, 0.3) is 5.91 Å². The third-order valence-electron chi connectivity index (χ3n) is 4.29. The number of aliphatic carboxylic acids is 1. The quantitative estimate of drug-likeness (QED) is 0.649. The van der Waals surface area contributed by atoms with Crippen molar-refractivity contribution in [1.29, 1.82) is 0 Å². The molecule has 0 spiro atoms. The number of carbonyl (C=O) groups excluding carboxylic acids is 2. The van der Waals surface area contributed by atoms with Crippen LogP contribution in [0.15, 0.2) is 42.5 Å². The van der Waals surface area contributed by atoms with Crippen LogP contribution in [0.2, 0.25) is 0 Å². The lowest BCUT2D eigenvalue weighted by atomic mass is 10.0. The number of carboxylic acid groups (broad SMARTS) is 1. The highest BCUT2D eigenvalue weighted by atomic mass is 32.2. The van der Waals surface area contributed by atoms with Gasteiger partial charge in [-0.25, -0.2) is 0 Å². The Kier molecular flexibility index (Phi) is 8.16. The number of rotatable bonds is 9. The normalized spacial score (nSPS) is 12.3. The Labute approximate surface area is 176 Å². The fourth-order valence-electron chi connectivity index (χ4n) is 2.77. The fourth-order valence-corrected chi connectivity index (χ4v) is 3.62. The molecule has 0 aliphatic rings. The Balaban J connectivity index is 2.12. The van der Waals surface area contributed by atoms with Gasteiger partial charge in [-0.1, -0.05) is 25.1 Å². The molecule has 162 valence electrons. The van der Waals surface area contributed by atoms with Crippen LogP contribution >= 0.6 is 11.8 Å². The Hall–Kier alpha value is -2.68. The number of carboxylic acids is 1. The van der Waals surface area contributed by atoms with E-state index < -0.39 is 28.9 Å². The van der Waals surface area contributed by atoms with E-state index in [1.165, 1.54) is 31.0 Å². The summed E-state index contributed by atoms with van der Waals surface area (Å²) in [5.41, 5.74) is 0.577. The predicted molar refractivity (Wildman–Crippen MR) is 106 cm³/mol. The molecule has 0 saturated carbocycles. The molecule has 1 N–H and O–H groups in total. The van der Waals surface area contributed by atoms with Crippen molar-refractivity contribution in [2.75, 3.05) is 12.9 Å². The third-order valence-corrected chi connectivity index (χ3v) is 5.39. The van der Waals surface area contributed by atoms with Gasteiger partial charge in [-0.2, -0.15) is 24.9 Å². The van der Waals surface area contributed by atoms with Gasteiger partial charge in [0.2, 0.25) is 0 Å². The molecule has 2 aromatic rings. The highest BCUT2D eigenvalue weighted by Gasteiger charge is 2.29. The van der Waals surface area contributed by atoms with Crippen LogP contribution in [0, 0.1) is 0 Å². The second kappa shape index (κ2) is 10.4. The minimum absolute atomic E-state index is 0.0255. The van der Waals surface area contributed by atoms with Crippen LogP contribution in [0.5, 0.6) is 5.75 Å². The first-order valence-corrected chi connectivity index (χ1v) is 10.1. The van der Waals surface area contributed by atoms with Crippen molar-refractivity contribution in [1.82, 2.24) is 5.32 Å². The Morgan fingerprint density at radius 3 is 2.30 bits per heavy atom. The molecule has 2 aromatic carbocycles. The molecule has 2 rings (SSSR count). The smallest absolute Gasteiger partial charge is 0.416 e. The average molecular weight is 440 g/mol. The molecule has 0 fully saturated rings. The van der Waals surface area contributed by atoms with E-state index in [-0.39, 0.29) is 18.5 Å². The molecule has 1 amide bonds. The Bertz CT molecular complexity index is 885. The highest BCUT2D eigenvalue weighted by Crippen LogP contribution is 2.29. The first kappa shape index (κ1) is 23.6. The minimum atomic E-state index is -4.42. The molecular weight excluding hydrogens is 419 g/mol. The minimum Gasteiger partial charge on any atom is -0.549 e. The second-order valence-electron chi connectivity index (χ2n) is 6.38. The lowest BCUT2D eigenvalue weighted by Gasteiger charge is -2.18. The van der Waals surface area contributed by atoms with Gasteiger partial charge in [-0.3, -0.25) is 4.79 Å². The fraction of sp³-hybridized carbons (Fsp3) is 0.333. The van der Waals surface area contributed by atoms with Gasteiger partial charge >= 0.3 is 6.18 Å². The Morgan fingerprint density at radius 2 is 1.77 bits per heavy atom. The van der Waals surface area contributed by atoms with Gasteiger partial charge in [0.05, 0.1) is 24.2 Å². The van der Waals surface area contributed by atoms with E-state index in [2.05, 4.69) is 5.32 Å². The van der Waals surface area contributed by atoms with Crippen LogP contribution in [-0.2, 0) is 23.9 Å². The second-order valence-corrected chi connectivity index (χ2v) is 7.86. The molecule has 0 radical (unpaired) electrons. The number of nitrogens with one attached hydrogen (secondary N) is 1. The summed E-state index contributed by atoms with van der Waals surface area (Å²) in [7, 11) is 1.40. The van der Waals surface area contributed by atoms with Crippen molar-refractivity contribution in [3.05, 3.63) is 64.7 Å². The number of hydrogen-bond acceptors (Lipinski definition) is 5. The molecule has 5 nitrogen and oxygen atoms in total. The van der Waals surface area contributed by atoms with Gasteiger partial charge in [0.1, 0.15) is 5.75 Å². The largest absolute Gasteiger partial charge is 0.549 e. The summed E-state index contributed by atoms with van der Waals surface area (Å²) in [4.78, 5) is 23.9. The van der Waals surface area contributed by atoms with E-state index in [0.717, 1.165) is 12.1 Å². The monoisotopic (exact) mass is 440 g/mol. The van der Waals surface area contributed by atoms with Gasteiger partial charge in [-0.05, 0) is 47.6 Å². The van der Waals surface area contributed by atoms with E-state index >= 15 is 0 Å². The molecular formula is C21H21F3NO4S-. The first-order valence-electron chi connectivity index (χ1n) is 9.09. The SMILES string of the molecule is CCSC(Cc1ccc(OC)c(C(=O)NCc2ccc(C(F)(F)F)cc2)c1)C(=O)[O-]. The number of methoxy groups -OCH3 is 1. The summed E-state index contributed by atoms with van der Waals surface area (Å²) in [5.74, 6) is -0.750. The summed E-state index contributed by atoms with van der Waals surface area (Å²) in [5, 5.41) is 13.2. The van der Waals surface area contributed by atoms with Crippen molar-refractivity contribution in [2.45, 2.75) is 31.3 Å². The summed E-state index contributed by atoms with van der Waals surface area (Å²) in [6.07, 6.45) is -4.24. The topological polar surface area (TPSA) is 78.5 Å². The third kappa shape index (κ3) is 6.41. The van der Waals surface area contributed by atoms with Crippen molar-refractivity contribution < 1.29 is 32.6 Å². The van der Waals surface area contributed by atoms with Crippen molar-refractivity contribution in [3.8, 4) is 5.75 Å². The van der Waals surface area contributed by atoms with Crippen molar-refractivity contribution in [2.24, 2.45) is 0 Å². The molecule has 0 aliphatic heterocycles. The van der Waals surface area contributed by atoms with Gasteiger partial charge in [0.15, 0.2) is 0 Å². The number of alkyl halides is 3. The lowest BCUT2D eigenvalue weighted by molar-refractivity contribution is -0.304. The Morgan fingerprint density at radius 1 is 1.13 bits per heavy atom. The van der Waals surface area contributed by atoms with Crippen molar-refractivity contribution in [3.63, 3.8) is 0 Å². The molecule has 0 aromatic heterocycles. The zero-order chi connectivity index (χ0) is 22.3. The number of ether oxygens (including phenoxy) is 1. The van der Waals surface area contributed by atoms with Crippen LogP contribution in [-0.4, -0.2) is 30.0 Å². The standard InChI is InChI=1S/C21H22F3NO4S/c1-3-30-18(20(27)28)11-14-6-9-17(29-2)16(10-14)19(26)25-12-13-4-7-15(8-5-13)21(22,23)24/h4-10,18H,3,11-12H2,1-2H3,(H,25,26)(H,27,28)/p-1. The molecule has 0 saturated heterocycles. The number of hydrogen-bond donors (Lipinski definition) is 1. The van der Waals surface area contributed by atoms with Gasteiger partial charge in [0, 0.05) is 11.8 Å². The maximum absolute atomic E-state index is 12.6. The summed E-state index contributed by atoms with van der Waals surface area (Å²) in [6, 6.07) is 9.30.